The van der Waals surface area contributed by atoms with Crippen LogP contribution < -0.4 is 5.32 Å². The molecule has 0 radical (unpaired) electrons. The van der Waals surface area contributed by atoms with Crippen LogP contribution in [0.1, 0.15) is 27.0 Å². The van der Waals surface area contributed by atoms with E-state index >= 15 is 0 Å². The topological polar surface area (TPSA) is 29.1 Å². The maximum absolute atomic E-state index is 12.0. The zero-order chi connectivity index (χ0) is 15.2. The van der Waals surface area contributed by atoms with Crippen LogP contribution in [0.3, 0.4) is 0 Å². The maximum atomic E-state index is 12.0. The van der Waals surface area contributed by atoms with E-state index in [9.17, 15) is 4.79 Å². The number of carbonyl (C=O) groups excluding carboxylic acids is 1. The van der Waals surface area contributed by atoms with Gasteiger partial charge in [0.15, 0.2) is 0 Å². The summed E-state index contributed by atoms with van der Waals surface area (Å²) in [7, 11) is 0. The molecule has 0 aliphatic heterocycles. The molecule has 0 fully saturated rings. The average Bonchev–Trinajstić information content (AvgIpc) is 2.48. The Morgan fingerprint density at radius 1 is 1.00 bits per heavy atom. The molecule has 0 spiro atoms. The minimum Gasteiger partial charge on any atom is -0.351 e. The van der Waals surface area contributed by atoms with E-state index in [0.717, 1.165) is 16.9 Å². The van der Waals surface area contributed by atoms with Crippen molar-refractivity contribution in [1.82, 2.24) is 5.32 Å². The zero-order valence-electron chi connectivity index (χ0n) is 12.8. The number of benzene rings is 2. The number of aryl methyl sites for hydroxylation is 3. The van der Waals surface area contributed by atoms with Crippen LogP contribution in [-0.4, -0.2) is 18.2 Å². The van der Waals surface area contributed by atoms with Crippen molar-refractivity contribution in [3.8, 4) is 0 Å². The fourth-order valence-corrected chi connectivity index (χ4v) is 2.72. The van der Waals surface area contributed by atoms with E-state index in [1.807, 2.05) is 25.1 Å². The van der Waals surface area contributed by atoms with Gasteiger partial charge >= 0.3 is 0 Å². The highest BCUT2D eigenvalue weighted by molar-refractivity contribution is 7.99. The summed E-state index contributed by atoms with van der Waals surface area (Å²) in [6.45, 7) is 6.83. The van der Waals surface area contributed by atoms with Crippen molar-refractivity contribution in [2.45, 2.75) is 25.7 Å². The Labute approximate surface area is 131 Å². The lowest BCUT2D eigenvalue weighted by Gasteiger charge is -2.07. The quantitative estimate of drug-likeness (QED) is 0.664. The minimum absolute atomic E-state index is 0.00241. The number of thioether (sulfide) groups is 1. The minimum atomic E-state index is 0.00241. The van der Waals surface area contributed by atoms with E-state index in [0.29, 0.717) is 6.54 Å². The maximum Gasteiger partial charge on any atom is 0.251 e. The number of carbonyl (C=O) groups is 1. The molecule has 0 aliphatic carbocycles. The molecule has 1 amide bonds. The number of nitrogens with one attached hydrogen (secondary N) is 1. The van der Waals surface area contributed by atoms with Crippen molar-refractivity contribution >= 4 is 17.7 Å². The molecule has 3 heteroatoms. The molecule has 0 saturated carbocycles. The first-order chi connectivity index (χ1) is 10.1. The second-order valence-corrected chi connectivity index (χ2v) is 6.38. The van der Waals surface area contributed by atoms with Crippen molar-refractivity contribution in [2.75, 3.05) is 12.3 Å². The molecule has 0 saturated heterocycles. The van der Waals surface area contributed by atoms with Gasteiger partial charge in [-0.1, -0.05) is 23.8 Å². The molecule has 2 aromatic rings. The van der Waals surface area contributed by atoms with Gasteiger partial charge in [-0.05, 0) is 56.2 Å². The fourth-order valence-electron chi connectivity index (χ4n) is 1.95. The molecule has 21 heavy (non-hydrogen) atoms. The van der Waals surface area contributed by atoms with Crippen molar-refractivity contribution < 1.29 is 4.79 Å². The third kappa shape index (κ3) is 4.64. The number of rotatable bonds is 5. The molecular weight excluding hydrogens is 278 g/mol. The van der Waals surface area contributed by atoms with Crippen LogP contribution in [0.15, 0.2) is 47.4 Å². The predicted octanol–water partition coefficient (Wildman–Crippen LogP) is 4.13. The van der Waals surface area contributed by atoms with Gasteiger partial charge in [0.25, 0.3) is 5.91 Å². The molecule has 110 valence electrons. The second-order valence-electron chi connectivity index (χ2n) is 5.22. The first-order valence-corrected chi connectivity index (χ1v) is 8.10. The van der Waals surface area contributed by atoms with Gasteiger partial charge in [0.2, 0.25) is 0 Å². The number of hydrogen-bond donors (Lipinski definition) is 1. The Hall–Kier alpha value is -1.74. The highest BCUT2D eigenvalue weighted by Crippen LogP contribution is 2.17. The molecule has 2 rings (SSSR count). The first kappa shape index (κ1) is 15.6. The number of hydrogen-bond acceptors (Lipinski definition) is 2. The van der Waals surface area contributed by atoms with Crippen LogP contribution in [0.2, 0.25) is 0 Å². The van der Waals surface area contributed by atoms with E-state index in [4.69, 9.17) is 0 Å². The average molecular weight is 299 g/mol. The van der Waals surface area contributed by atoms with Crippen molar-refractivity contribution in [3.05, 3.63) is 64.7 Å². The van der Waals surface area contributed by atoms with Gasteiger partial charge in [-0.15, -0.1) is 11.8 Å². The van der Waals surface area contributed by atoms with Crippen LogP contribution >= 0.6 is 11.8 Å². The SMILES string of the molecule is Cc1ccc(SCCNC(=O)c2ccc(C)c(C)c2)cc1. The molecule has 0 aliphatic rings. The molecule has 0 atom stereocenters. The highest BCUT2D eigenvalue weighted by atomic mass is 32.2. The summed E-state index contributed by atoms with van der Waals surface area (Å²) in [5.41, 5.74) is 4.36. The Morgan fingerprint density at radius 3 is 2.38 bits per heavy atom. The molecule has 0 bridgehead atoms. The normalized spacial score (nSPS) is 10.4. The van der Waals surface area contributed by atoms with Crippen LogP contribution in [0, 0.1) is 20.8 Å². The van der Waals surface area contributed by atoms with Crippen molar-refractivity contribution in [1.29, 1.82) is 0 Å². The summed E-state index contributed by atoms with van der Waals surface area (Å²) < 4.78 is 0. The molecular formula is C18H21NOS. The summed E-state index contributed by atoms with van der Waals surface area (Å²) in [5, 5.41) is 2.97. The lowest BCUT2D eigenvalue weighted by molar-refractivity contribution is 0.0956. The van der Waals surface area contributed by atoms with Gasteiger partial charge in [0, 0.05) is 22.8 Å². The highest BCUT2D eigenvalue weighted by Gasteiger charge is 2.05. The fraction of sp³-hybridized carbons (Fsp3) is 0.278. The summed E-state index contributed by atoms with van der Waals surface area (Å²) in [6, 6.07) is 14.3. The lowest BCUT2D eigenvalue weighted by atomic mass is 10.1. The van der Waals surface area contributed by atoms with Crippen molar-refractivity contribution in [2.24, 2.45) is 0 Å². The van der Waals surface area contributed by atoms with E-state index in [-0.39, 0.29) is 5.91 Å². The Kier molecular flexibility index (Phi) is 5.45. The Morgan fingerprint density at radius 2 is 1.71 bits per heavy atom. The van der Waals surface area contributed by atoms with Gasteiger partial charge < -0.3 is 5.32 Å². The van der Waals surface area contributed by atoms with E-state index in [1.54, 1.807) is 11.8 Å². The van der Waals surface area contributed by atoms with Gasteiger partial charge in [0.1, 0.15) is 0 Å². The van der Waals surface area contributed by atoms with Crippen molar-refractivity contribution in [3.63, 3.8) is 0 Å². The van der Waals surface area contributed by atoms with E-state index in [1.165, 1.54) is 16.0 Å². The van der Waals surface area contributed by atoms with Gasteiger partial charge in [-0.25, -0.2) is 0 Å². The molecule has 0 heterocycles. The lowest BCUT2D eigenvalue weighted by Crippen LogP contribution is -2.25. The monoisotopic (exact) mass is 299 g/mol. The predicted molar refractivity (Wildman–Crippen MR) is 90.2 cm³/mol. The van der Waals surface area contributed by atoms with Gasteiger partial charge in [-0.3, -0.25) is 4.79 Å². The van der Waals surface area contributed by atoms with Crippen LogP contribution in [0.4, 0.5) is 0 Å². The molecule has 2 aromatic carbocycles. The largest absolute Gasteiger partial charge is 0.351 e. The Balaban J connectivity index is 1.79. The standard InChI is InChI=1S/C18H21NOS/c1-13-4-8-17(9-5-13)21-11-10-19-18(20)16-7-6-14(2)15(3)12-16/h4-9,12H,10-11H2,1-3H3,(H,19,20). The molecule has 2 nitrogen and oxygen atoms in total. The first-order valence-electron chi connectivity index (χ1n) is 7.11. The molecule has 0 aromatic heterocycles. The van der Waals surface area contributed by atoms with Crippen LogP contribution in [0.25, 0.3) is 0 Å². The summed E-state index contributed by atoms with van der Waals surface area (Å²) >= 11 is 1.76. The Bertz CT molecular complexity index is 620. The van der Waals surface area contributed by atoms with E-state index in [2.05, 4.69) is 43.4 Å². The second kappa shape index (κ2) is 7.32. The van der Waals surface area contributed by atoms with E-state index < -0.39 is 0 Å². The zero-order valence-corrected chi connectivity index (χ0v) is 13.6. The summed E-state index contributed by atoms with van der Waals surface area (Å²) in [4.78, 5) is 13.3. The summed E-state index contributed by atoms with van der Waals surface area (Å²) in [6.07, 6.45) is 0. The third-order valence-electron chi connectivity index (χ3n) is 3.45. The van der Waals surface area contributed by atoms with Gasteiger partial charge in [-0.2, -0.15) is 0 Å². The number of amides is 1. The third-order valence-corrected chi connectivity index (χ3v) is 4.46. The summed E-state index contributed by atoms with van der Waals surface area (Å²) in [5.74, 6) is 0.877. The molecule has 0 unspecified atom stereocenters. The molecule has 1 N–H and O–H groups in total. The van der Waals surface area contributed by atoms with Gasteiger partial charge in [0.05, 0.1) is 0 Å². The van der Waals surface area contributed by atoms with Crippen LogP contribution in [-0.2, 0) is 0 Å². The smallest absolute Gasteiger partial charge is 0.251 e. The van der Waals surface area contributed by atoms with Crippen LogP contribution in [0.5, 0.6) is 0 Å².